The van der Waals surface area contributed by atoms with Gasteiger partial charge in [0.25, 0.3) is 0 Å². The van der Waals surface area contributed by atoms with Crippen molar-refractivity contribution in [2.45, 2.75) is 32.1 Å². The molecule has 2 aliphatic carbocycles. The van der Waals surface area contributed by atoms with E-state index >= 15 is 0 Å². The predicted molar refractivity (Wildman–Crippen MR) is 78.6 cm³/mol. The van der Waals surface area contributed by atoms with E-state index in [1.54, 1.807) is 0 Å². The molecule has 5 heteroatoms. The first kappa shape index (κ1) is 14.8. The molecular formula is C16H26N2O3. The van der Waals surface area contributed by atoms with Gasteiger partial charge in [0.1, 0.15) is 0 Å². The van der Waals surface area contributed by atoms with Crippen LogP contribution in [0.5, 0.6) is 0 Å². The Hall–Kier alpha value is -1.10. The van der Waals surface area contributed by atoms with Crippen molar-refractivity contribution in [2.24, 2.45) is 17.8 Å². The highest BCUT2D eigenvalue weighted by Gasteiger charge is 2.44. The Kier molecular flexibility index (Phi) is 4.48. The van der Waals surface area contributed by atoms with Crippen molar-refractivity contribution >= 4 is 11.9 Å². The topological polar surface area (TPSA) is 49.9 Å². The Labute approximate surface area is 126 Å². The number of esters is 1. The number of hydrogen-bond donors (Lipinski definition) is 0. The summed E-state index contributed by atoms with van der Waals surface area (Å²) in [6, 6.07) is 0. The van der Waals surface area contributed by atoms with Crippen molar-refractivity contribution < 1.29 is 14.3 Å². The number of fused-ring (bicyclic) bond motifs is 2. The quantitative estimate of drug-likeness (QED) is 0.729. The lowest BCUT2D eigenvalue weighted by molar-refractivity contribution is -0.142. The highest BCUT2D eigenvalue weighted by Crippen LogP contribution is 2.48. The second kappa shape index (κ2) is 6.34. The van der Waals surface area contributed by atoms with Crippen LogP contribution in [0.3, 0.4) is 0 Å². The molecule has 118 valence electrons. The lowest BCUT2D eigenvalue weighted by Crippen LogP contribution is -2.51. The van der Waals surface area contributed by atoms with Gasteiger partial charge in [0.2, 0.25) is 5.91 Å². The summed E-state index contributed by atoms with van der Waals surface area (Å²) in [5, 5.41) is 0. The summed E-state index contributed by atoms with van der Waals surface area (Å²) in [5.74, 6) is 2.04. The number of methoxy groups -OCH3 is 1. The molecule has 1 amide bonds. The van der Waals surface area contributed by atoms with Crippen molar-refractivity contribution in [2.75, 3.05) is 39.8 Å². The summed E-state index contributed by atoms with van der Waals surface area (Å²) in [7, 11) is 1.42. The number of rotatable bonds is 4. The van der Waals surface area contributed by atoms with E-state index in [9.17, 15) is 9.59 Å². The standard InChI is InChI=1S/C16H26N2O3/c1-21-15(19)4-5-17-6-8-18(9-7-17)16(20)14-11-12-2-3-13(14)10-12/h12-14H,2-11H2,1H3. The highest BCUT2D eigenvalue weighted by molar-refractivity contribution is 5.79. The molecule has 0 aromatic carbocycles. The van der Waals surface area contributed by atoms with Crippen LogP contribution < -0.4 is 0 Å². The maximum atomic E-state index is 12.6. The van der Waals surface area contributed by atoms with Crippen LogP contribution in [-0.4, -0.2) is 61.5 Å². The Morgan fingerprint density at radius 3 is 2.43 bits per heavy atom. The summed E-state index contributed by atoms with van der Waals surface area (Å²) < 4.78 is 4.67. The van der Waals surface area contributed by atoms with Crippen LogP contribution in [0.2, 0.25) is 0 Å². The minimum absolute atomic E-state index is 0.157. The molecule has 3 aliphatic rings. The second-order valence-electron chi connectivity index (χ2n) is 6.77. The largest absolute Gasteiger partial charge is 0.469 e. The molecule has 1 saturated heterocycles. The van der Waals surface area contributed by atoms with Gasteiger partial charge in [-0.25, -0.2) is 0 Å². The maximum Gasteiger partial charge on any atom is 0.306 e. The number of amides is 1. The Morgan fingerprint density at radius 1 is 1.10 bits per heavy atom. The van der Waals surface area contributed by atoms with E-state index in [1.807, 2.05) is 0 Å². The first-order valence-corrected chi connectivity index (χ1v) is 8.25. The van der Waals surface area contributed by atoms with Crippen molar-refractivity contribution in [3.8, 4) is 0 Å². The number of piperazine rings is 1. The normalized spacial score (nSPS) is 32.4. The Bertz CT molecular complexity index is 404. The lowest BCUT2D eigenvalue weighted by Gasteiger charge is -2.37. The van der Waals surface area contributed by atoms with Crippen molar-refractivity contribution in [1.29, 1.82) is 0 Å². The molecule has 3 atom stereocenters. The van der Waals surface area contributed by atoms with Gasteiger partial charge >= 0.3 is 5.97 Å². The van der Waals surface area contributed by atoms with E-state index in [2.05, 4.69) is 14.5 Å². The van der Waals surface area contributed by atoms with E-state index in [4.69, 9.17) is 0 Å². The van der Waals surface area contributed by atoms with Gasteiger partial charge in [-0.1, -0.05) is 6.42 Å². The minimum atomic E-state index is -0.157. The van der Waals surface area contributed by atoms with Crippen LogP contribution in [0.15, 0.2) is 0 Å². The molecule has 0 aromatic heterocycles. The molecule has 0 aromatic rings. The van der Waals surface area contributed by atoms with Crippen LogP contribution >= 0.6 is 0 Å². The van der Waals surface area contributed by atoms with Crippen LogP contribution in [0.4, 0.5) is 0 Å². The summed E-state index contributed by atoms with van der Waals surface area (Å²) in [5.41, 5.74) is 0. The predicted octanol–water partition coefficient (Wildman–Crippen LogP) is 1.13. The monoisotopic (exact) mass is 294 g/mol. The Balaban J connectivity index is 1.43. The molecular weight excluding hydrogens is 268 g/mol. The number of ether oxygens (including phenoxy) is 1. The average Bonchev–Trinajstić information content (AvgIpc) is 3.15. The summed E-state index contributed by atoms with van der Waals surface area (Å²) in [4.78, 5) is 28.1. The third-order valence-electron chi connectivity index (χ3n) is 5.60. The highest BCUT2D eigenvalue weighted by atomic mass is 16.5. The molecule has 3 fully saturated rings. The third kappa shape index (κ3) is 3.23. The molecule has 3 rings (SSSR count). The smallest absolute Gasteiger partial charge is 0.306 e. The molecule has 1 heterocycles. The van der Waals surface area contributed by atoms with Crippen LogP contribution in [-0.2, 0) is 14.3 Å². The molecule has 21 heavy (non-hydrogen) atoms. The van der Waals surface area contributed by atoms with Gasteiger partial charge in [0.15, 0.2) is 0 Å². The van der Waals surface area contributed by atoms with Crippen LogP contribution in [0.25, 0.3) is 0 Å². The lowest BCUT2D eigenvalue weighted by atomic mass is 9.87. The zero-order valence-electron chi connectivity index (χ0n) is 12.9. The van der Waals surface area contributed by atoms with Gasteiger partial charge in [-0.3, -0.25) is 14.5 Å². The number of nitrogens with zero attached hydrogens (tertiary/aromatic N) is 2. The van der Waals surface area contributed by atoms with Crippen molar-refractivity contribution in [3.05, 3.63) is 0 Å². The van der Waals surface area contributed by atoms with E-state index in [0.717, 1.165) is 45.1 Å². The van der Waals surface area contributed by atoms with Gasteiger partial charge in [-0.2, -0.15) is 0 Å². The fourth-order valence-electron chi connectivity index (χ4n) is 4.33. The molecule has 5 nitrogen and oxygen atoms in total. The average molecular weight is 294 g/mol. The third-order valence-corrected chi connectivity index (χ3v) is 5.60. The fraction of sp³-hybridized carbons (Fsp3) is 0.875. The van der Waals surface area contributed by atoms with Crippen LogP contribution in [0.1, 0.15) is 32.1 Å². The summed E-state index contributed by atoms with van der Waals surface area (Å²) >= 11 is 0. The molecule has 1 aliphatic heterocycles. The van der Waals surface area contributed by atoms with Crippen molar-refractivity contribution in [1.82, 2.24) is 9.80 Å². The van der Waals surface area contributed by atoms with E-state index in [1.165, 1.54) is 26.4 Å². The first-order valence-electron chi connectivity index (χ1n) is 8.25. The van der Waals surface area contributed by atoms with Gasteiger partial charge in [0.05, 0.1) is 13.5 Å². The van der Waals surface area contributed by atoms with E-state index < -0.39 is 0 Å². The summed E-state index contributed by atoms with van der Waals surface area (Å²) in [6.45, 7) is 4.12. The first-order chi connectivity index (χ1) is 10.2. The summed E-state index contributed by atoms with van der Waals surface area (Å²) in [6.07, 6.45) is 5.47. The molecule has 2 saturated carbocycles. The molecule has 3 unspecified atom stereocenters. The zero-order chi connectivity index (χ0) is 14.8. The number of carbonyl (C=O) groups excluding carboxylic acids is 2. The molecule has 2 bridgehead atoms. The Morgan fingerprint density at radius 2 is 1.86 bits per heavy atom. The molecule has 0 N–H and O–H groups in total. The SMILES string of the molecule is COC(=O)CCN1CCN(C(=O)C2CC3CCC2C3)CC1. The van der Waals surface area contributed by atoms with E-state index in [0.29, 0.717) is 24.2 Å². The van der Waals surface area contributed by atoms with Gasteiger partial charge in [-0.15, -0.1) is 0 Å². The zero-order valence-corrected chi connectivity index (χ0v) is 12.9. The molecule has 0 radical (unpaired) electrons. The molecule has 0 spiro atoms. The van der Waals surface area contributed by atoms with Gasteiger partial charge in [0, 0.05) is 38.6 Å². The van der Waals surface area contributed by atoms with Crippen molar-refractivity contribution in [3.63, 3.8) is 0 Å². The van der Waals surface area contributed by atoms with E-state index in [-0.39, 0.29) is 5.97 Å². The maximum absolute atomic E-state index is 12.6. The van der Waals surface area contributed by atoms with Crippen LogP contribution in [0, 0.1) is 17.8 Å². The minimum Gasteiger partial charge on any atom is -0.469 e. The number of hydrogen-bond acceptors (Lipinski definition) is 4. The fourth-order valence-corrected chi connectivity index (χ4v) is 4.33. The van der Waals surface area contributed by atoms with Gasteiger partial charge < -0.3 is 9.64 Å². The van der Waals surface area contributed by atoms with Gasteiger partial charge in [-0.05, 0) is 31.1 Å². The number of carbonyl (C=O) groups is 2. The second-order valence-corrected chi connectivity index (χ2v) is 6.77.